The summed E-state index contributed by atoms with van der Waals surface area (Å²) in [5.41, 5.74) is 7.49. The summed E-state index contributed by atoms with van der Waals surface area (Å²) in [4.78, 5) is 0. The fourth-order valence-electron chi connectivity index (χ4n) is 7.14. The highest BCUT2D eigenvalue weighted by Crippen LogP contribution is 2.55. The lowest BCUT2D eigenvalue weighted by Crippen LogP contribution is -2.17. The average molecular weight is 583 g/mol. The summed E-state index contributed by atoms with van der Waals surface area (Å²) in [6.45, 7) is 0. The Balaban J connectivity index is 1.31. The molecule has 6 nitrogen and oxygen atoms in total. The lowest BCUT2D eigenvalue weighted by atomic mass is 9.71. The van der Waals surface area contributed by atoms with E-state index in [4.69, 9.17) is 9.47 Å². The van der Waals surface area contributed by atoms with Crippen molar-refractivity contribution in [1.29, 1.82) is 0 Å². The van der Waals surface area contributed by atoms with E-state index in [1.165, 1.54) is 0 Å². The Kier molecular flexibility index (Phi) is 6.05. The molecule has 0 radical (unpaired) electrons. The van der Waals surface area contributed by atoms with E-state index in [1.54, 1.807) is 14.2 Å². The first-order valence-electron chi connectivity index (χ1n) is 14.6. The fraction of sp³-hybridized carbons (Fsp3) is 0.158. The Morgan fingerprint density at radius 2 is 1.02 bits per heavy atom. The monoisotopic (exact) mass is 582 g/mol. The number of methoxy groups -OCH3 is 2. The van der Waals surface area contributed by atoms with Crippen LogP contribution < -0.4 is 9.47 Å². The van der Waals surface area contributed by atoms with E-state index in [9.17, 15) is 20.4 Å². The summed E-state index contributed by atoms with van der Waals surface area (Å²) in [7, 11) is 3.20. The molecule has 8 rings (SSSR count). The van der Waals surface area contributed by atoms with Crippen LogP contribution in [0.5, 0.6) is 11.5 Å². The highest BCUT2D eigenvalue weighted by atomic mass is 16.5. The highest BCUT2D eigenvalue weighted by Gasteiger charge is 2.36. The van der Waals surface area contributed by atoms with Gasteiger partial charge in [-0.2, -0.15) is 0 Å². The van der Waals surface area contributed by atoms with Crippen molar-refractivity contribution in [2.24, 2.45) is 0 Å². The molecule has 6 aromatic rings. The van der Waals surface area contributed by atoms with Gasteiger partial charge in [-0.25, -0.2) is 0 Å². The zero-order chi connectivity index (χ0) is 30.3. The molecule has 0 bridgehead atoms. The molecule has 4 atom stereocenters. The first-order valence-corrected chi connectivity index (χ1v) is 14.6. The lowest BCUT2D eigenvalue weighted by molar-refractivity contribution is 0.211. The molecule has 0 amide bonds. The molecule has 0 spiro atoms. The molecule has 2 aliphatic carbocycles. The second-order valence-corrected chi connectivity index (χ2v) is 11.6. The zero-order valence-electron chi connectivity index (χ0n) is 24.2. The summed E-state index contributed by atoms with van der Waals surface area (Å²) in [5, 5.41) is 49.9. The third-order valence-electron chi connectivity index (χ3n) is 9.31. The van der Waals surface area contributed by atoms with Gasteiger partial charge in [-0.1, -0.05) is 48.5 Å². The number of aliphatic hydroxyl groups excluding tert-OH is 4. The van der Waals surface area contributed by atoms with Crippen molar-refractivity contribution in [2.75, 3.05) is 14.2 Å². The van der Waals surface area contributed by atoms with Gasteiger partial charge in [0.25, 0.3) is 0 Å². The molecule has 0 aliphatic heterocycles. The van der Waals surface area contributed by atoms with Gasteiger partial charge in [0.05, 0.1) is 14.2 Å². The van der Waals surface area contributed by atoms with Crippen molar-refractivity contribution in [3.8, 4) is 22.6 Å². The Morgan fingerprint density at radius 1 is 0.500 bits per heavy atom. The summed E-state index contributed by atoms with van der Waals surface area (Å²) < 4.78 is 10.6. The largest absolute Gasteiger partial charge is 0.497 e. The number of benzene rings is 6. The predicted molar refractivity (Wildman–Crippen MR) is 169 cm³/mol. The van der Waals surface area contributed by atoms with Gasteiger partial charge in [-0.3, -0.25) is 0 Å². The van der Waals surface area contributed by atoms with Crippen molar-refractivity contribution in [1.82, 2.24) is 0 Å². The summed E-state index contributed by atoms with van der Waals surface area (Å²) in [6.07, 6.45) is -3.66. The van der Waals surface area contributed by atoms with Crippen LogP contribution in [0.25, 0.3) is 32.7 Å². The minimum absolute atomic E-state index is 0.656. The van der Waals surface area contributed by atoms with Gasteiger partial charge >= 0.3 is 0 Å². The van der Waals surface area contributed by atoms with Crippen LogP contribution >= 0.6 is 0 Å². The molecule has 4 unspecified atom stereocenters. The Bertz CT molecular complexity index is 2120. The van der Waals surface area contributed by atoms with E-state index in [-0.39, 0.29) is 0 Å². The van der Waals surface area contributed by atoms with Crippen LogP contribution in [0.1, 0.15) is 68.9 Å². The van der Waals surface area contributed by atoms with Crippen molar-refractivity contribution < 1.29 is 29.9 Å². The lowest BCUT2D eigenvalue weighted by Gasteiger charge is -2.35. The molecule has 44 heavy (non-hydrogen) atoms. The molecule has 218 valence electrons. The standard InChI is InChI=1S/C38H30O6/c1-43-25-10-6-19(7-11-25)35(39)23-14-20-8-12-28-33-31(20)29(17-23)37(41)27-13-9-21-15-24(18-30(38(28)42)32(21)34(27)33)36(40)22-4-3-5-26(16-22)44-2/h3-18,35-42H,1-2H3. The average Bonchev–Trinajstić information content (AvgIpc) is 3.07. The van der Waals surface area contributed by atoms with Crippen LogP contribution in [0.3, 0.4) is 0 Å². The van der Waals surface area contributed by atoms with Gasteiger partial charge in [-0.05, 0) is 126 Å². The van der Waals surface area contributed by atoms with Gasteiger partial charge in [-0.15, -0.1) is 0 Å². The molecular formula is C38H30O6. The van der Waals surface area contributed by atoms with E-state index in [0.717, 1.165) is 49.4 Å². The number of hydrogen-bond donors (Lipinski definition) is 4. The summed E-state index contributed by atoms with van der Waals surface area (Å²) >= 11 is 0. The first kappa shape index (κ1) is 26.9. The first-order chi connectivity index (χ1) is 21.4. The quantitative estimate of drug-likeness (QED) is 0.176. The topological polar surface area (TPSA) is 99.4 Å². The van der Waals surface area contributed by atoms with Crippen molar-refractivity contribution in [3.63, 3.8) is 0 Å². The normalized spacial score (nSPS) is 17.6. The molecule has 0 heterocycles. The molecule has 0 aromatic heterocycles. The van der Waals surface area contributed by atoms with Crippen LogP contribution in [0.15, 0.2) is 97.1 Å². The summed E-state index contributed by atoms with van der Waals surface area (Å²) in [5.74, 6) is 1.36. The maximum atomic E-state index is 11.8. The van der Waals surface area contributed by atoms with Crippen molar-refractivity contribution in [2.45, 2.75) is 24.4 Å². The molecule has 0 saturated heterocycles. The number of hydrogen-bond acceptors (Lipinski definition) is 6. The second-order valence-electron chi connectivity index (χ2n) is 11.6. The Morgan fingerprint density at radius 3 is 1.55 bits per heavy atom. The number of rotatable bonds is 6. The Labute approximate surface area is 254 Å². The van der Waals surface area contributed by atoms with Gasteiger partial charge in [0.2, 0.25) is 0 Å². The fourth-order valence-corrected chi connectivity index (χ4v) is 7.14. The van der Waals surface area contributed by atoms with E-state index < -0.39 is 24.4 Å². The van der Waals surface area contributed by atoms with E-state index in [0.29, 0.717) is 39.3 Å². The van der Waals surface area contributed by atoms with Crippen LogP contribution in [0.2, 0.25) is 0 Å². The number of aliphatic hydroxyl groups is 4. The predicted octanol–water partition coefficient (Wildman–Crippen LogP) is 6.63. The third kappa shape index (κ3) is 3.82. The summed E-state index contributed by atoms with van der Waals surface area (Å²) in [6, 6.07) is 30.1. The van der Waals surface area contributed by atoms with Gasteiger partial charge in [0, 0.05) is 0 Å². The van der Waals surface area contributed by atoms with Crippen LogP contribution in [-0.4, -0.2) is 34.6 Å². The minimum Gasteiger partial charge on any atom is -0.497 e. The number of ether oxygens (including phenoxy) is 2. The molecule has 6 aromatic carbocycles. The third-order valence-corrected chi connectivity index (χ3v) is 9.31. The zero-order valence-corrected chi connectivity index (χ0v) is 24.2. The van der Waals surface area contributed by atoms with Crippen LogP contribution in [0.4, 0.5) is 0 Å². The molecule has 0 fully saturated rings. The minimum atomic E-state index is -0.926. The van der Waals surface area contributed by atoms with Crippen LogP contribution in [0, 0.1) is 0 Å². The molecular weight excluding hydrogens is 552 g/mol. The van der Waals surface area contributed by atoms with E-state index >= 15 is 0 Å². The SMILES string of the molecule is COc1ccc(C(O)c2cc3c4c5c(ccc4c2)C(O)c2cc(C(O)c4cccc(OC)c4)cc4ccc(c-5c24)C3O)cc1. The van der Waals surface area contributed by atoms with Gasteiger partial charge < -0.3 is 29.9 Å². The molecule has 4 N–H and O–H groups in total. The maximum absolute atomic E-state index is 11.8. The molecule has 0 saturated carbocycles. The Hall–Kier alpha value is -4.72. The van der Waals surface area contributed by atoms with Gasteiger partial charge in [0.1, 0.15) is 35.9 Å². The molecule has 6 heteroatoms. The molecule has 2 aliphatic rings. The van der Waals surface area contributed by atoms with E-state index in [2.05, 4.69) is 0 Å². The second kappa shape index (κ2) is 9.91. The highest BCUT2D eigenvalue weighted by molar-refractivity contribution is 6.14. The maximum Gasteiger partial charge on any atom is 0.119 e. The van der Waals surface area contributed by atoms with E-state index in [1.807, 2.05) is 97.1 Å². The van der Waals surface area contributed by atoms with Crippen molar-refractivity contribution in [3.05, 3.63) is 142 Å². The van der Waals surface area contributed by atoms with Crippen molar-refractivity contribution >= 4 is 21.5 Å². The smallest absolute Gasteiger partial charge is 0.119 e. The van der Waals surface area contributed by atoms with Gasteiger partial charge in [0.15, 0.2) is 0 Å². The van der Waals surface area contributed by atoms with Crippen LogP contribution in [-0.2, 0) is 0 Å².